The predicted octanol–water partition coefficient (Wildman–Crippen LogP) is 4.57. The van der Waals surface area contributed by atoms with Gasteiger partial charge in [0.2, 0.25) is 5.91 Å². The number of carbonyl (C=O) groups excluding carboxylic acids is 1. The summed E-state index contributed by atoms with van der Waals surface area (Å²) in [5, 5.41) is 0.785. The molecule has 2 aliphatic heterocycles. The number of nitrogens with two attached hydrogens (primary N) is 1. The molecule has 0 radical (unpaired) electrons. The van der Waals surface area contributed by atoms with E-state index in [4.69, 9.17) is 17.3 Å². The lowest BCUT2D eigenvalue weighted by Gasteiger charge is -2.38. The van der Waals surface area contributed by atoms with Crippen molar-refractivity contribution in [3.63, 3.8) is 0 Å². The molecule has 2 saturated heterocycles. The third-order valence-corrected chi connectivity index (χ3v) is 7.39. The molecule has 2 aromatic rings. The molecule has 1 aromatic carbocycles. The van der Waals surface area contributed by atoms with E-state index in [0.29, 0.717) is 23.6 Å². The molecule has 6 heteroatoms. The molecule has 0 aliphatic carbocycles. The number of nitrogens with zero attached hydrogens (tertiary/aromatic N) is 3. The van der Waals surface area contributed by atoms with Crippen LogP contribution in [0.4, 0.5) is 5.82 Å². The number of rotatable bonds is 5. The van der Waals surface area contributed by atoms with Crippen LogP contribution >= 0.6 is 11.6 Å². The lowest BCUT2D eigenvalue weighted by Crippen LogP contribution is -2.45. The van der Waals surface area contributed by atoms with Gasteiger partial charge in [-0.1, -0.05) is 30.7 Å². The summed E-state index contributed by atoms with van der Waals surface area (Å²) in [6.07, 6.45) is 5.81. The first-order valence-electron chi connectivity index (χ1n) is 11.5. The Morgan fingerprint density at radius 3 is 2.42 bits per heavy atom. The van der Waals surface area contributed by atoms with E-state index in [-0.39, 0.29) is 5.92 Å². The highest BCUT2D eigenvalue weighted by Crippen LogP contribution is 2.34. The highest BCUT2D eigenvalue weighted by Gasteiger charge is 2.32. The molecule has 3 heterocycles. The van der Waals surface area contributed by atoms with E-state index < -0.39 is 0 Å². The van der Waals surface area contributed by atoms with Crippen molar-refractivity contribution in [3.05, 3.63) is 58.7 Å². The molecule has 1 amide bonds. The minimum absolute atomic E-state index is 0.170. The zero-order chi connectivity index (χ0) is 21.8. The Morgan fingerprint density at radius 2 is 1.77 bits per heavy atom. The average Bonchev–Trinajstić information content (AvgIpc) is 2.79. The quantitative estimate of drug-likeness (QED) is 0.739. The summed E-state index contributed by atoms with van der Waals surface area (Å²) in [5.41, 5.74) is 8.32. The molecule has 4 rings (SSSR count). The second-order valence-electron chi connectivity index (χ2n) is 9.14. The van der Waals surface area contributed by atoms with Gasteiger partial charge in [-0.15, -0.1) is 0 Å². The minimum atomic E-state index is 0.170. The fourth-order valence-electron chi connectivity index (χ4n) is 5.11. The average molecular weight is 441 g/mol. The van der Waals surface area contributed by atoms with E-state index in [0.717, 1.165) is 63.4 Å². The van der Waals surface area contributed by atoms with Crippen molar-refractivity contribution >= 4 is 23.3 Å². The van der Waals surface area contributed by atoms with E-state index in [9.17, 15) is 4.79 Å². The van der Waals surface area contributed by atoms with Gasteiger partial charge in [-0.2, -0.15) is 0 Å². The molecule has 166 valence electrons. The van der Waals surface area contributed by atoms with Gasteiger partial charge in [0, 0.05) is 36.8 Å². The summed E-state index contributed by atoms with van der Waals surface area (Å²) < 4.78 is 0. The number of likely N-dealkylation sites (tertiary alicyclic amines) is 2. The number of aromatic nitrogens is 1. The molecule has 0 saturated carbocycles. The number of benzene rings is 1. The van der Waals surface area contributed by atoms with Crippen molar-refractivity contribution in [1.82, 2.24) is 14.8 Å². The van der Waals surface area contributed by atoms with Crippen molar-refractivity contribution in [3.8, 4) is 0 Å². The van der Waals surface area contributed by atoms with E-state index >= 15 is 0 Å². The smallest absolute Gasteiger partial charge is 0.225 e. The van der Waals surface area contributed by atoms with Crippen LogP contribution in [0.2, 0.25) is 5.02 Å². The summed E-state index contributed by atoms with van der Waals surface area (Å²) in [4.78, 5) is 21.7. The molecule has 1 aromatic heterocycles. The number of nitrogen functional groups attached to an aromatic ring is 1. The van der Waals surface area contributed by atoms with Crippen molar-refractivity contribution in [2.45, 2.75) is 45.1 Å². The molecule has 0 bridgehead atoms. The fraction of sp³-hybridized carbons (Fsp3) is 0.520. The number of piperidine rings is 2. The standard InChI is InChI=1S/C25H33ClN4O/c1-18(20-2-4-23(26)5-3-20)21-9-14-30(15-10-21)25(31)22-7-12-29(13-8-22)17-19-6-11-28-24(27)16-19/h2-6,11,16,18,21-22H,7-10,12-15,17H2,1H3,(H2,27,28). The summed E-state index contributed by atoms with van der Waals surface area (Å²) in [7, 11) is 0. The summed E-state index contributed by atoms with van der Waals surface area (Å²) in [6, 6.07) is 12.2. The highest BCUT2D eigenvalue weighted by molar-refractivity contribution is 6.30. The number of anilines is 1. The van der Waals surface area contributed by atoms with Crippen LogP contribution in [0.5, 0.6) is 0 Å². The minimum Gasteiger partial charge on any atom is -0.384 e. The zero-order valence-corrected chi connectivity index (χ0v) is 19.1. The molecule has 2 fully saturated rings. The number of carbonyl (C=O) groups is 1. The number of hydrogen-bond donors (Lipinski definition) is 1. The van der Waals surface area contributed by atoms with Gasteiger partial charge in [0.1, 0.15) is 5.82 Å². The third kappa shape index (κ3) is 5.58. The first kappa shape index (κ1) is 22.1. The van der Waals surface area contributed by atoms with Crippen molar-refractivity contribution in [1.29, 1.82) is 0 Å². The van der Waals surface area contributed by atoms with E-state index in [2.05, 4.69) is 33.8 Å². The maximum atomic E-state index is 13.1. The molecule has 2 N–H and O–H groups in total. The van der Waals surface area contributed by atoms with Crippen molar-refractivity contribution in [2.24, 2.45) is 11.8 Å². The zero-order valence-electron chi connectivity index (χ0n) is 18.3. The van der Waals surface area contributed by atoms with Gasteiger partial charge in [0.25, 0.3) is 0 Å². The lowest BCUT2D eigenvalue weighted by molar-refractivity contribution is -0.138. The normalized spacial score (nSPS) is 20.0. The van der Waals surface area contributed by atoms with Crippen LogP contribution in [-0.4, -0.2) is 46.9 Å². The highest BCUT2D eigenvalue weighted by atomic mass is 35.5. The van der Waals surface area contributed by atoms with Crippen LogP contribution < -0.4 is 5.73 Å². The molecule has 31 heavy (non-hydrogen) atoms. The van der Waals surface area contributed by atoms with Crippen LogP contribution in [0, 0.1) is 11.8 Å². The number of amides is 1. The monoisotopic (exact) mass is 440 g/mol. The molecule has 1 atom stereocenters. The van der Waals surface area contributed by atoms with Gasteiger partial charge in [-0.05, 0) is 86.0 Å². The van der Waals surface area contributed by atoms with Crippen LogP contribution in [-0.2, 0) is 11.3 Å². The predicted molar refractivity (Wildman–Crippen MR) is 126 cm³/mol. The maximum absolute atomic E-state index is 13.1. The fourth-order valence-corrected chi connectivity index (χ4v) is 5.23. The summed E-state index contributed by atoms with van der Waals surface area (Å²) in [6.45, 7) is 6.88. The summed E-state index contributed by atoms with van der Waals surface area (Å²) in [5.74, 6) is 2.23. The van der Waals surface area contributed by atoms with Gasteiger partial charge in [-0.3, -0.25) is 9.69 Å². The van der Waals surface area contributed by atoms with Crippen molar-refractivity contribution in [2.75, 3.05) is 31.9 Å². The van der Waals surface area contributed by atoms with Crippen molar-refractivity contribution < 1.29 is 4.79 Å². The van der Waals surface area contributed by atoms with Gasteiger partial charge >= 0.3 is 0 Å². The lowest BCUT2D eigenvalue weighted by atomic mass is 9.81. The Kier molecular flexibility index (Phi) is 7.13. The Morgan fingerprint density at radius 1 is 1.10 bits per heavy atom. The van der Waals surface area contributed by atoms with Gasteiger partial charge < -0.3 is 10.6 Å². The Balaban J connectivity index is 1.23. The van der Waals surface area contributed by atoms with Crippen LogP contribution in [0.15, 0.2) is 42.6 Å². The first-order valence-corrected chi connectivity index (χ1v) is 11.8. The van der Waals surface area contributed by atoms with E-state index in [1.165, 1.54) is 11.1 Å². The molecule has 2 aliphatic rings. The molecular weight excluding hydrogens is 408 g/mol. The molecule has 1 unspecified atom stereocenters. The van der Waals surface area contributed by atoms with E-state index in [1.807, 2.05) is 24.3 Å². The third-order valence-electron chi connectivity index (χ3n) is 7.14. The number of halogens is 1. The largest absolute Gasteiger partial charge is 0.384 e. The Bertz CT molecular complexity index is 871. The maximum Gasteiger partial charge on any atom is 0.225 e. The second kappa shape index (κ2) is 10.0. The van der Waals surface area contributed by atoms with E-state index in [1.54, 1.807) is 6.20 Å². The molecular formula is C25H33ClN4O. The Labute approximate surface area is 190 Å². The molecule has 0 spiro atoms. The first-order chi connectivity index (χ1) is 15.0. The number of hydrogen-bond acceptors (Lipinski definition) is 4. The second-order valence-corrected chi connectivity index (χ2v) is 9.58. The SMILES string of the molecule is CC(c1ccc(Cl)cc1)C1CCN(C(=O)C2CCN(Cc3ccnc(N)c3)CC2)CC1. The Hall–Kier alpha value is -2.11. The topological polar surface area (TPSA) is 62.5 Å². The molecule has 5 nitrogen and oxygen atoms in total. The van der Waals surface area contributed by atoms with Crippen LogP contribution in [0.3, 0.4) is 0 Å². The van der Waals surface area contributed by atoms with Gasteiger partial charge in [0.05, 0.1) is 0 Å². The van der Waals surface area contributed by atoms with Gasteiger partial charge in [0.15, 0.2) is 0 Å². The van der Waals surface area contributed by atoms with Crippen LogP contribution in [0.1, 0.15) is 49.7 Å². The van der Waals surface area contributed by atoms with Crippen LogP contribution in [0.25, 0.3) is 0 Å². The number of pyridine rings is 1. The van der Waals surface area contributed by atoms with Gasteiger partial charge in [-0.25, -0.2) is 4.98 Å². The summed E-state index contributed by atoms with van der Waals surface area (Å²) >= 11 is 6.03.